The van der Waals surface area contributed by atoms with Gasteiger partial charge in [0.15, 0.2) is 0 Å². The molecular weight excluding hydrogens is 575 g/mol. The summed E-state index contributed by atoms with van der Waals surface area (Å²) in [5.41, 5.74) is 0. The van der Waals surface area contributed by atoms with E-state index < -0.39 is 69.6 Å². The van der Waals surface area contributed by atoms with E-state index in [-0.39, 0.29) is 0 Å². The fourth-order valence-corrected chi connectivity index (χ4v) is 2.20. The number of halogens is 18. The van der Waals surface area contributed by atoms with Gasteiger partial charge >= 0.3 is 48.4 Å². The monoisotopic (exact) mass is 578 g/mol. The maximum Gasteiger partial charge on any atom is 0.462 e. The molecule has 0 aliphatic heterocycles. The van der Waals surface area contributed by atoms with Gasteiger partial charge in [0, 0.05) is 17.1 Å². The highest BCUT2D eigenvalue weighted by molar-refractivity contribution is 8.13. The van der Waals surface area contributed by atoms with Crippen molar-refractivity contribution in [2.75, 3.05) is 5.75 Å². The van der Waals surface area contributed by atoms with Crippen LogP contribution in [0.1, 0.15) is 6.42 Å². The van der Waals surface area contributed by atoms with Crippen molar-refractivity contribution in [2.24, 2.45) is 0 Å². The quantitative estimate of drug-likeness (QED) is 0.256. The molecule has 0 aromatic rings. The highest BCUT2D eigenvalue weighted by Gasteiger charge is 2.85. The fourth-order valence-electron chi connectivity index (χ4n) is 1.46. The molecule has 2 atom stereocenters. The summed E-state index contributed by atoms with van der Waals surface area (Å²) in [6.07, 6.45) is -41.3. The third-order valence-corrected chi connectivity index (χ3v) is 4.26. The summed E-state index contributed by atoms with van der Waals surface area (Å²) in [7, 11) is -0.955. The SMILES string of the molecule is O=S(=O)(Cl)CCC(F)(OC(F)(F)C(F)(OC(F)(F)C(F)(F)C(F)(F)F)C(F)(F)F)C(F)(F)F. The van der Waals surface area contributed by atoms with Gasteiger partial charge in [0.05, 0.1) is 5.75 Å². The molecule has 0 heterocycles. The van der Waals surface area contributed by atoms with Crippen molar-refractivity contribution in [1.82, 2.24) is 0 Å². The van der Waals surface area contributed by atoms with Gasteiger partial charge in [0.2, 0.25) is 9.05 Å². The standard InChI is InChI=1S/C10H4ClF17O4S/c11-33(29,30)2-1-3(12,6(16,17)18)31-10(27,28)5(15,8(22,23)24)32-9(25,26)4(13,14)7(19,20)21/h1-2H2. The van der Waals surface area contributed by atoms with Gasteiger partial charge in [-0.1, -0.05) is 0 Å². The molecule has 0 saturated heterocycles. The predicted octanol–water partition coefficient (Wildman–Crippen LogP) is 5.82. The van der Waals surface area contributed by atoms with E-state index in [9.17, 15) is 83.1 Å². The van der Waals surface area contributed by atoms with Gasteiger partial charge in [-0.3, -0.25) is 9.47 Å². The third-order valence-electron chi connectivity index (χ3n) is 3.11. The van der Waals surface area contributed by atoms with Crippen molar-refractivity contribution in [3.8, 4) is 0 Å². The minimum atomic E-state index is -8.01. The Hall–Kier alpha value is -1.03. The van der Waals surface area contributed by atoms with E-state index in [0.29, 0.717) is 0 Å². The summed E-state index contributed by atoms with van der Waals surface area (Å²) >= 11 is 0. The highest BCUT2D eigenvalue weighted by Crippen LogP contribution is 2.56. The van der Waals surface area contributed by atoms with Crippen LogP contribution in [0.4, 0.5) is 74.6 Å². The number of ether oxygens (including phenoxy) is 2. The van der Waals surface area contributed by atoms with Crippen LogP contribution in [-0.2, 0) is 18.5 Å². The molecule has 23 heteroatoms. The topological polar surface area (TPSA) is 52.6 Å². The zero-order valence-corrected chi connectivity index (χ0v) is 15.8. The van der Waals surface area contributed by atoms with Gasteiger partial charge in [-0.2, -0.15) is 70.2 Å². The first-order chi connectivity index (χ1) is 13.9. The van der Waals surface area contributed by atoms with Gasteiger partial charge in [0.1, 0.15) is 0 Å². The molecule has 0 N–H and O–H groups in total. The van der Waals surface area contributed by atoms with E-state index in [1.807, 2.05) is 4.74 Å². The molecule has 0 bridgehead atoms. The van der Waals surface area contributed by atoms with E-state index in [4.69, 9.17) is 0 Å². The van der Waals surface area contributed by atoms with E-state index in [1.54, 1.807) is 0 Å². The molecule has 200 valence electrons. The van der Waals surface area contributed by atoms with Gasteiger partial charge in [-0.25, -0.2) is 12.8 Å². The van der Waals surface area contributed by atoms with Crippen molar-refractivity contribution in [3.63, 3.8) is 0 Å². The Kier molecular flexibility index (Phi) is 8.30. The van der Waals surface area contributed by atoms with Crippen LogP contribution in [0.3, 0.4) is 0 Å². The Bertz CT molecular complexity index is 802. The minimum absolute atomic E-state index is 1.30. The molecule has 0 rings (SSSR count). The first-order valence-electron chi connectivity index (χ1n) is 6.91. The molecule has 0 fully saturated rings. The second kappa shape index (κ2) is 8.57. The Morgan fingerprint density at radius 1 is 0.576 bits per heavy atom. The Morgan fingerprint density at radius 2 is 0.970 bits per heavy atom. The second-order valence-corrected chi connectivity index (χ2v) is 8.52. The van der Waals surface area contributed by atoms with Crippen LogP contribution in [0.15, 0.2) is 0 Å². The van der Waals surface area contributed by atoms with Crippen molar-refractivity contribution in [1.29, 1.82) is 0 Å². The summed E-state index contributed by atoms with van der Waals surface area (Å²) in [6, 6.07) is 0. The maximum absolute atomic E-state index is 13.8. The highest BCUT2D eigenvalue weighted by atomic mass is 35.7. The minimum Gasteiger partial charge on any atom is -0.270 e. The van der Waals surface area contributed by atoms with Crippen LogP contribution >= 0.6 is 10.7 Å². The lowest BCUT2D eigenvalue weighted by molar-refractivity contribution is -0.552. The first kappa shape index (κ1) is 32.0. The van der Waals surface area contributed by atoms with E-state index in [0.717, 1.165) is 0 Å². The van der Waals surface area contributed by atoms with Gasteiger partial charge in [-0.05, 0) is 0 Å². The molecule has 0 amide bonds. The van der Waals surface area contributed by atoms with Crippen LogP contribution in [0.2, 0.25) is 0 Å². The zero-order valence-electron chi connectivity index (χ0n) is 14.3. The molecule has 0 aliphatic carbocycles. The number of hydrogen-bond acceptors (Lipinski definition) is 4. The van der Waals surface area contributed by atoms with Crippen LogP contribution in [-0.4, -0.2) is 62.5 Å². The largest absolute Gasteiger partial charge is 0.462 e. The molecular formula is C10H4ClF17O4S. The van der Waals surface area contributed by atoms with Gasteiger partial charge in [-0.15, -0.1) is 0 Å². The molecule has 0 aliphatic rings. The van der Waals surface area contributed by atoms with Gasteiger partial charge < -0.3 is 0 Å². The summed E-state index contributed by atoms with van der Waals surface area (Å²) in [4.78, 5) is 0. The summed E-state index contributed by atoms with van der Waals surface area (Å²) in [5, 5.41) is 0. The lowest BCUT2D eigenvalue weighted by Crippen LogP contribution is -2.67. The fraction of sp³-hybridized carbons (Fsp3) is 1.00. The lowest BCUT2D eigenvalue weighted by Gasteiger charge is -2.40. The molecule has 0 aromatic heterocycles. The number of hydrogen-bond donors (Lipinski definition) is 0. The van der Waals surface area contributed by atoms with Crippen LogP contribution in [0.25, 0.3) is 0 Å². The molecule has 0 radical (unpaired) electrons. The Labute approximate surface area is 173 Å². The Morgan fingerprint density at radius 3 is 1.24 bits per heavy atom. The third kappa shape index (κ3) is 6.55. The van der Waals surface area contributed by atoms with E-state index in [1.165, 1.54) is 4.74 Å². The zero-order chi connectivity index (χ0) is 27.3. The summed E-state index contributed by atoms with van der Waals surface area (Å²) < 4.78 is 242. The van der Waals surface area contributed by atoms with Crippen molar-refractivity contribution in [2.45, 2.75) is 54.8 Å². The molecule has 0 aromatic carbocycles. The van der Waals surface area contributed by atoms with E-state index in [2.05, 4.69) is 10.7 Å². The number of alkyl halides is 17. The first-order valence-corrected chi connectivity index (χ1v) is 9.39. The normalized spacial score (nSPS) is 19.2. The Balaban J connectivity index is 6.63. The average Bonchev–Trinajstić information content (AvgIpc) is 2.47. The van der Waals surface area contributed by atoms with Crippen molar-refractivity contribution < 1.29 is 92.5 Å². The van der Waals surface area contributed by atoms with Gasteiger partial charge in [0.25, 0.3) is 0 Å². The van der Waals surface area contributed by atoms with Crippen molar-refractivity contribution in [3.05, 3.63) is 0 Å². The van der Waals surface area contributed by atoms with Crippen LogP contribution in [0.5, 0.6) is 0 Å². The predicted molar refractivity (Wildman–Crippen MR) is 67.1 cm³/mol. The lowest BCUT2D eigenvalue weighted by atomic mass is 10.2. The molecule has 0 spiro atoms. The average molecular weight is 579 g/mol. The second-order valence-electron chi connectivity index (χ2n) is 5.62. The van der Waals surface area contributed by atoms with Crippen LogP contribution in [0, 0.1) is 0 Å². The molecule has 33 heavy (non-hydrogen) atoms. The molecule has 4 nitrogen and oxygen atoms in total. The van der Waals surface area contributed by atoms with E-state index >= 15 is 0 Å². The van der Waals surface area contributed by atoms with Crippen molar-refractivity contribution >= 4 is 19.7 Å². The summed E-state index contributed by atoms with van der Waals surface area (Å²) in [5.74, 6) is -24.7. The smallest absolute Gasteiger partial charge is 0.270 e. The molecule has 0 saturated carbocycles. The van der Waals surface area contributed by atoms with Crippen LogP contribution < -0.4 is 0 Å². The maximum atomic E-state index is 13.8. The number of rotatable bonds is 9. The summed E-state index contributed by atoms with van der Waals surface area (Å²) in [6.45, 7) is 0. The molecule has 2 unspecified atom stereocenters.